The number of rotatable bonds is 2. The second-order valence-electron chi connectivity index (χ2n) is 3.28. The number of aryl methyl sites for hydroxylation is 1. The van der Waals surface area contributed by atoms with Crippen molar-refractivity contribution in [2.45, 2.75) is 19.4 Å². The van der Waals surface area contributed by atoms with E-state index in [0.29, 0.717) is 11.9 Å². The van der Waals surface area contributed by atoms with Crippen LogP contribution in [0.15, 0.2) is 18.2 Å². The third-order valence-electron chi connectivity index (χ3n) is 2.13. The molecule has 1 atom stereocenters. The molecule has 0 saturated carbocycles. The molecule has 0 bridgehead atoms. The van der Waals surface area contributed by atoms with Crippen LogP contribution in [0.4, 0.5) is 0 Å². The fraction of sp³-hybridized carbons (Fsp3) is 0.400. The summed E-state index contributed by atoms with van der Waals surface area (Å²) in [6.07, 6.45) is 1.40. The standard InChI is InChI=1S/C10H12O2/c1-7-4-8(2-3-10(7)11)5-9-6-12-9/h2-4,9,11H,5-6H2,1H3. The fourth-order valence-corrected chi connectivity index (χ4v) is 1.29. The molecule has 2 rings (SSSR count). The Morgan fingerprint density at radius 1 is 1.58 bits per heavy atom. The molecular weight excluding hydrogens is 152 g/mol. The molecule has 12 heavy (non-hydrogen) atoms. The van der Waals surface area contributed by atoms with Crippen molar-refractivity contribution >= 4 is 0 Å². The molecule has 1 aliphatic rings. The Bertz CT molecular complexity index is 290. The quantitative estimate of drug-likeness (QED) is 0.674. The zero-order chi connectivity index (χ0) is 8.55. The molecule has 1 heterocycles. The third kappa shape index (κ3) is 1.59. The van der Waals surface area contributed by atoms with Gasteiger partial charge in [0.05, 0.1) is 12.7 Å². The average molecular weight is 164 g/mol. The Kier molecular flexibility index (Phi) is 1.77. The van der Waals surface area contributed by atoms with Crippen LogP contribution in [0.3, 0.4) is 0 Å². The first-order valence-corrected chi connectivity index (χ1v) is 4.16. The highest BCUT2D eigenvalue weighted by Gasteiger charge is 2.22. The summed E-state index contributed by atoms with van der Waals surface area (Å²) in [4.78, 5) is 0. The predicted octanol–water partition coefficient (Wildman–Crippen LogP) is 1.64. The van der Waals surface area contributed by atoms with Crippen LogP contribution in [0.25, 0.3) is 0 Å². The van der Waals surface area contributed by atoms with Gasteiger partial charge in [-0.15, -0.1) is 0 Å². The number of epoxide rings is 1. The number of phenols is 1. The van der Waals surface area contributed by atoms with Gasteiger partial charge < -0.3 is 9.84 Å². The summed E-state index contributed by atoms with van der Waals surface area (Å²) in [7, 11) is 0. The summed E-state index contributed by atoms with van der Waals surface area (Å²) in [5.41, 5.74) is 2.18. The van der Waals surface area contributed by atoms with Gasteiger partial charge in [0.25, 0.3) is 0 Å². The van der Waals surface area contributed by atoms with Crippen LogP contribution in [0.1, 0.15) is 11.1 Å². The molecule has 1 fully saturated rings. The number of hydrogen-bond acceptors (Lipinski definition) is 2. The summed E-state index contributed by atoms with van der Waals surface area (Å²) in [6, 6.07) is 5.70. The highest BCUT2D eigenvalue weighted by atomic mass is 16.6. The SMILES string of the molecule is Cc1cc(CC2CO2)ccc1O. The van der Waals surface area contributed by atoms with Crippen molar-refractivity contribution in [2.75, 3.05) is 6.61 Å². The Morgan fingerprint density at radius 2 is 2.33 bits per heavy atom. The minimum atomic E-state index is 0.371. The summed E-state index contributed by atoms with van der Waals surface area (Å²) in [6.45, 7) is 2.80. The molecule has 1 unspecified atom stereocenters. The Morgan fingerprint density at radius 3 is 2.92 bits per heavy atom. The van der Waals surface area contributed by atoms with Crippen molar-refractivity contribution in [1.29, 1.82) is 0 Å². The highest BCUT2D eigenvalue weighted by molar-refractivity contribution is 5.35. The number of phenolic OH excluding ortho intramolecular Hbond substituents is 1. The van der Waals surface area contributed by atoms with E-state index in [1.165, 1.54) is 5.56 Å². The molecule has 1 aromatic carbocycles. The lowest BCUT2D eigenvalue weighted by Gasteiger charge is -2.01. The van der Waals surface area contributed by atoms with Crippen LogP contribution < -0.4 is 0 Å². The Hall–Kier alpha value is -1.02. The minimum Gasteiger partial charge on any atom is -0.508 e. The fourth-order valence-electron chi connectivity index (χ4n) is 1.29. The first-order valence-electron chi connectivity index (χ1n) is 4.16. The third-order valence-corrected chi connectivity index (χ3v) is 2.13. The van der Waals surface area contributed by atoms with Crippen molar-refractivity contribution < 1.29 is 9.84 Å². The van der Waals surface area contributed by atoms with Gasteiger partial charge in [-0.1, -0.05) is 12.1 Å². The minimum absolute atomic E-state index is 0.371. The summed E-state index contributed by atoms with van der Waals surface area (Å²) in [5, 5.41) is 9.26. The van der Waals surface area contributed by atoms with Gasteiger partial charge in [-0.2, -0.15) is 0 Å². The van der Waals surface area contributed by atoms with Crippen LogP contribution in [0.2, 0.25) is 0 Å². The maximum Gasteiger partial charge on any atom is 0.118 e. The van der Waals surface area contributed by atoms with Gasteiger partial charge in [-0.25, -0.2) is 0 Å². The zero-order valence-corrected chi connectivity index (χ0v) is 7.08. The van der Waals surface area contributed by atoms with E-state index >= 15 is 0 Å². The Labute approximate surface area is 71.8 Å². The van der Waals surface area contributed by atoms with E-state index in [1.807, 2.05) is 19.1 Å². The number of aromatic hydroxyl groups is 1. The smallest absolute Gasteiger partial charge is 0.118 e. The maximum atomic E-state index is 9.26. The molecule has 0 radical (unpaired) electrons. The molecule has 0 amide bonds. The molecule has 64 valence electrons. The summed E-state index contributed by atoms with van der Waals surface area (Å²) < 4.78 is 5.12. The summed E-state index contributed by atoms with van der Waals surface area (Å²) >= 11 is 0. The van der Waals surface area contributed by atoms with E-state index in [1.54, 1.807) is 6.07 Å². The normalized spacial score (nSPS) is 20.9. The molecular formula is C10H12O2. The summed E-state index contributed by atoms with van der Waals surface area (Å²) in [5.74, 6) is 0.371. The second-order valence-corrected chi connectivity index (χ2v) is 3.28. The lowest BCUT2D eigenvalue weighted by atomic mass is 10.1. The lowest BCUT2D eigenvalue weighted by Crippen LogP contribution is -1.92. The number of ether oxygens (including phenoxy) is 1. The number of hydrogen-bond donors (Lipinski definition) is 1. The molecule has 2 nitrogen and oxygen atoms in total. The van der Waals surface area contributed by atoms with E-state index in [2.05, 4.69) is 0 Å². The molecule has 1 aliphatic heterocycles. The van der Waals surface area contributed by atoms with Crippen molar-refractivity contribution in [1.82, 2.24) is 0 Å². The van der Waals surface area contributed by atoms with Crippen LogP contribution in [0, 0.1) is 6.92 Å². The molecule has 1 N–H and O–H groups in total. The van der Waals surface area contributed by atoms with E-state index in [0.717, 1.165) is 18.6 Å². The first kappa shape index (κ1) is 7.62. The van der Waals surface area contributed by atoms with Gasteiger partial charge in [0.15, 0.2) is 0 Å². The Balaban J connectivity index is 2.15. The van der Waals surface area contributed by atoms with Crippen LogP contribution in [0.5, 0.6) is 5.75 Å². The first-order chi connectivity index (χ1) is 5.75. The van der Waals surface area contributed by atoms with Gasteiger partial charge in [-0.3, -0.25) is 0 Å². The lowest BCUT2D eigenvalue weighted by molar-refractivity contribution is 0.407. The van der Waals surface area contributed by atoms with E-state index in [-0.39, 0.29) is 0 Å². The van der Waals surface area contributed by atoms with E-state index in [9.17, 15) is 5.11 Å². The molecule has 1 aromatic rings. The highest BCUT2D eigenvalue weighted by Crippen LogP contribution is 2.21. The molecule has 0 spiro atoms. The largest absolute Gasteiger partial charge is 0.508 e. The van der Waals surface area contributed by atoms with Crippen molar-refractivity contribution in [3.63, 3.8) is 0 Å². The average Bonchev–Trinajstić information content (AvgIpc) is 2.81. The van der Waals surface area contributed by atoms with Crippen molar-refractivity contribution in [3.05, 3.63) is 29.3 Å². The van der Waals surface area contributed by atoms with Crippen LogP contribution in [-0.2, 0) is 11.2 Å². The molecule has 0 aliphatic carbocycles. The van der Waals surface area contributed by atoms with Gasteiger partial charge in [0.1, 0.15) is 5.75 Å². The predicted molar refractivity (Wildman–Crippen MR) is 46.3 cm³/mol. The van der Waals surface area contributed by atoms with Crippen molar-refractivity contribution in [2.24, 2.45) is 0 Å². The second kappa shape index (κ2) is 2.79. The molecule has 0 aromatic heterocycles. The van der Waals surface area contributed by atoms with Gasteiger partial charge in [0, 0.05) is 6.42 Å². The maximum absolute atomic E-state index is 9.26. The number of benzene rings is 1. The molecule has 1 saturated heterocycles. The van der Waals surface area contributed by atoms with E-state index < -0.39 is 0 Å². The van der Waals surface area contributed by atoms with E-state index in [4.69, 9.17) is 4.74 Å². The van der Waals surface area contributed by atoms with Gasteiger partial charge in [-0.05, 0) is 24.1 Å². The van der Waals surface area contributed by atoms with Crippen LogP contribution >= 0.6 is 0 Å². The van der Waals surface area contributed by atoms with Gasteiger partial charge in [0.2, 0.25) is 0 Å². The zero-order valence-electron chi connectivity index (χ0n) is 7.08. The van der Waals surface area contributed by atoms with Crippen LogP contribution in [-0.4, -0.2) is 17.8 Å². The molecule has 2 heteroatoms. The topological polar surface area (TPSA) is 32.8 Å². The monoisotopic (exact) mass is 164 g/mol. The van der Waals surface area contributed by atoms with Crippen molar-refractivity contribution in [3.8, 4) is 5.75 Å². The van der Waals surface area contributed by atoms with Gasteiger partial charge >= 0.3 is 0 Å².